The second kappa shape index (κ2) is 4.69. The standard InChI is InChI=1S/C7H12N2O2S2/c1-2-3-13(10,11)9-4-7-5-12-6-8-7/h5-6,9H,2-4H2,1H3. The molecule has 0 aromatic carbocycles. The highest BCUT2D eigenvalue weighted by atomic mass is 32.2. The molecular formula is C7H12N2O2S2. The molecule has 0 amide bonds. The zero-order valence-corrected chi connectivity index (χ0v) is 8.99. The van der Waals surface area contributed by atoms with Crippen LogP contribution in [0.15, 0.2) is 10.9 Å². The van der Waals surface area contributed by atoms with Gasteiger partial charge in [0.25, 0.3) is 0 Å². The van der Waals surface area contributed by atoms with Gasteiger partial charge in [-0.15, -0.1) is 11.3 Å². The number of hydrogen-bond acceptors (Lipinski definition) is 4. The van der Waals surface area contributed by atoms with E-state index in [1.807, 2.05) is 12.3 Å². The van der Waals surface area contributed by atoms with E-state index in [4.69, 9.17) is 0 Å². The van der Waals surface area contributed by atoms with Crippen molar-refractivity contribution >= 4 is 21.4 Å². The highest BCUT2D eigenvalue weighted by molar-refractivity contribution is 7.89. The van der Waals surface area contributed by atoms with E-state index in [1.165, 1.54) is 11.3 Å². The van der Waals surface area contributed by atoms with E-state index in [2.05, 4.69) is 9.71 Å². The van der Waals surface area contributed by atoms with Crippen LogP contribution in [-0.2, 0) is 16.6 Å². The molecule has 0 saturated carbocycles. The van der Waals surface area contributed by atoms with E-state index < -0.39 is 10.0 Å². The molecule has 1 aromatic heterocycles. The second-order valence-electron chi connectivity index (χ2n) is 2.62. The van der Waals surface area contributed by atoms with E-state index in [0.717, 1.165) is 5.69 Å². The quantitative estimate of drug-likeness (QED) is 0.804. The summed E-state index contributed by atoms with van der Waals surface area (Å²) < 4.78 is 24.9. The molecule has 1 N–H and O–H groups in total. The maximum absolute atomic E-state index is 11.2. The van der Waals surface area contributed by atoms with Gasteiger partial charge in [0, 0.05) is 5.38 Å². The highest BCUT2D eigenvalue weighted by Crippen LogP contribution is 2.01. The summed E-state index contributed by atoms with van der Waals surface area (Å²) in [6, 6.07) is 0. The summed E-state index contributed by atoms with van der Waals surface area (Å²) in [6.07, 6.45) is 0.631. The van der Waals surface area contributed by atoms with E-state index in [0.29, 0.717) is 13.0 Å². The number of aromatic nitrogens is 1. The minimum absolute atomic E-state index is 0.178. The zero-order chi connectivity index (χ0) is 9.73. The summed E-state index contributed by atoms with van der Waals surface area (Å²) in [7, 11) is -3.09. The highest BCUT2D eigenvalue weighted by Gasteiger charge is 2.07. The molecule has 1 heterocycles. The van der Waals surface area contributed by atoms with Crippen molar-refractivity contribution in [3.8, 4) is 0 Å². The number of hydrogen-bond donors (Lipinski definition) is 1. The molecule has 1 aromatic rings. The fourth-order valence-electron chi connectivity index (χ4n) is 0.850. The largest absolute Gasteiger partial charge is 0.248 e. The van der Waals surface area contributed by atoms with Gasteiger partial charge in [-0.25, -0.2) is 18.1 Å². The monoisotopic (exact) mass is 220 g/mol. The molecule has 0 fully saturated rings. The Kier molecular flexibility index (Phi) is 3.83. The number of sulfonamides is 1. The molecule has 6 heteroatoms. The Morgan fingerprint density at radius 3 is 2.92 bits per heavy atom. The van der Waals surface area contributed by atoms with Crippen molar-refractivity contribution in [2.24, 2.45) is 0 Å². The average molecular weight is 220 g/mol. The van der Waals surface area contributed by atoms with Gasteiger partial charge < -0.3 is 0 Å². The van der Waals surface area contributed by atoms with Crippen LogP contribution in [0, 0.1) is 0 Å². The van der Waals surface area contributed by atoms with Crippen molar-refractivity contribution in [1.29, 1.82) is 0 Å². The van der Waals surface area contributed by atoms with Crippen molar-refractivity contribution in [2.45, 2.75) is 19.9 Å². The molecule has 1 rings (SSSR count). The summed E-state index contributed by atoms with van der Waals surface area (Å²) >= 11 is 1.46. The van der Waals surface area contributed by atoms with Gasteiger partial charge in [-0.2, -0.15) is 0 Å². The fourth-order valence-corrected chi connectivity index (χ4v) is 2.46. The normalized spacial score (nSPS) is 11.8. The fraction of sp³-hybridized carbons (Fsp3) is 0.571. The molecule has 0 aliphatic rings. The van der Waals surface area contributed by atoms with Gasteiger partial charge in [-0.3, -0.25) is 0 Å². The second-order valence-corrected chi connectivity index (χ2v) is 5.26. The lowest BCUT2D eigenvalue weighted by molar-refractivity contribution is 0.579. The molecule has 0 unspecified atom stereocenters. The van der Waals surface area contributed by atoms with Gasteiger partial charge in [-0.1, -0.05) is 6.92 Å². The number of nitrogens with one attached hydrogen (secondary N) is 1. The predicted molar refractivity (Wildman–Crippen MR) is 53.0 cm³/mol. The zero-order valence-electron chi connectivity index (χ0n) is 7.36. The van der Waals surface area contributed by atoms with E-state index in [9.17, 15) is 8.42 Å². The number of rotatable bonds is 5. The Morgan fingerprint density at radius 1 is 1.62 bits per heavy atom. The Hall–Kier alpha value is -0.460. The summed E-state index contributed by atoms with van der Waals surface area (Å²) in [5.74, 6) is 0.178. The molecule has 0 bridgehead atoms. The van der Waals surface area contributed by atoms with Gasteiger partial charge in [0.05, 0.1) is 23.5 Å². The molecule has 0 radical (unpaired) electrons. The Morgan fingerprint density at radius 2 is 2.38 bits per heavy atom. The topological polar surface area (TPSA) is 59.1 Å². The van der Waals surface area contributed by atoms with Gasteiger partial charge in [0.1, 0.15) is 0 Å². The smallest absolute Gasteiger partial charge is 0.211 e. The minimum Gasteiger partial charge on any atom is -0.248 e. The van der Waals surface area contributed by atoms with Crippen LogP contribution >= 0.6 is 11.3 Å². The van der Waals surface area contributed by atoms with Crippen LogP contribution in [-0.4, -0.2) is 19.2 Å². The molecule has 0 aliphatic carbocycles. The molecule has 0 saturated heterocycles. The van der Waals surface area contributed by atoms with Crippen LogP contribution < -0.4 is 4.72 Å². The van der Waals surface area contributed by atoms with Gasteiger partial charge >= 0.3 is 0 Å². The van der Waals surface area contributed by atoms with Crippen LogP contribution in [0.25, 0.3) is 0 Å². The maximum Gasteiger partial charge on any atom is 0.211 e. The Balaban J connectivity index is 2.43. The Bertz CT molecular complexity index is 331. The summed E-state index contributed by atoms with van der Waals surface area (Å²) in [5.41, 5.74) is 2.45. The van der Waals surface area contributed by atoms with Crippen molar-refractivity contribution < 1.29 is 8.42 Å². The van der Waals surface area contributed by atoms with E-state index in [-0.39, 0.29) is 5.75 Å². The molecule has 0 atom stereocenters. The van der Waals surface area contributed by atoms with Crippen molar-refractivity contribution in [1.82, 2.24) is 9.71 Å². The van der Waals surface area contributed by atoms with Crippen LogP contribution in [0.3, 0.4) is 0 Å². The lowest BCUT2D eigenvalue weighted by Crippen LogP contribution is -2.25. The molecule has 13 heavy (non-hydrogen) atoms. The first kappa shape index (κ1) is 10.6. The first-order valence-corrected chi connectivity index (χ1v) is 6.58. The Labute approximate surface area is 82.1 Å². The summed E-state index contributed by atoms with van der Waals surface area (Å²) in [5, 5.41) is 1.83. The molecule has 4 nitrogen and oxygen atoms in total. The van der Waals surface area contributed by atoms with Crippen LogP contribution in [0.4, 0.5) is 0 Å². The van der Waals surface area contributed by atoms with Gasteiger partial charge in [0.2, 0.25) is 10.0 Å². The van der Waals surface area contributed by atoms with Crippen LogP contribution in [0.1, 0.15) is 19.0 Å². The van der Waals surface area contributed by atoms with Gasteiger partial charge in [0.15, 0.2) is 0 Å². The molecule has 0 spiro atoms. The summed E-state index contributed by atoms with van der Waals surface area (Å²) in [4.78, 5) is 3.97. The number of thiazole rings is 1. The molecule has 0 aliphatic heterocycles. The third kappa shape index (κ3) is 3.84. The van der Waals surface area contributed by atoms with E-state index in [1.54, 1.807) is 5.51 Å². The van der Waals surface area contributed by atoms with Crippen LogP contribution in [0.2, 0.25) is 0 Å². The van der Waals surface area contributed by atoms with E-state index >= 15 is 0 Å². The van der Waals surface area contributed by atoms with Crippen molar-refractivity contribution in [3.63, 3.8) is 0 Å². The van der Waals surface area contributed by atoms with Crippen LogP contribution in [0.5, 0.6) is 0 Å². The van der Waals surface area contributed by atoms with Gasteiger partial charge in [-0.05, 0) is 6.42 Å². The molecule has 74 valence electrons. The predicted octanol–water partition coefficient (Wildman–Crippen LogP) is 0.972. The first-order valence-electron chi connectivity index (χ1n) is 3.98. The molecular weight excluding hydrogens is 208 g/mol. The minimum atomic E-state index is -3.09. The van der Waals surface area contributed by atoms with Crippen molar-refractivity contribution in [3.05, 3.63) is 16.6 Å². The lowest BCUT2D eigenvalue weighted by atomic mass is 10.5. The maximum atomic E-state index is 11.2. The average Bonchev–Trinajstić information content (AvgIpc) is 2.52. The lowest BCUT2D eigenvalue weighted by Gasteiger charge is -2.02. The summed E-state index contributed by atoms with van der Waals surface area (Å²) in [6.45, 7) is 2.13. The first-order chi connectivity index (χ1) is 6.14. The third-order valence-corrected chi connectivity index (χ3v) is 3.59. The SMILES string of the molecule is CCCS(=O)(=O)NCc1cscn1. The number of nitrogens with zero attached hydrogens (tertiary/aromatic N) is 1. The van der Waals surface area contributed by atoms with Crippen molar-refractivity contribution in [2.75, 3.05) is 5.75 Å². The third-order valence-electron chi connectivity index (χ3n) is 1.43.